The van der Waals surface area contributed by atoms with Gasteiger partial charge < -0.3 is 0 Å². The topological polar surface area (TPSA) is 0 Å². The van der Waals surface area contributed by atoms with Gasteiger partial charge in [0.05, 0.1) is 0 Å². The van der Waals surface area contributed by atoms with Crippen molar-refractivity contribution < 1.29 is 0 Å². The Morgan fingerprint density at radius 3 is 0.559 bits per heavy atom. The molecule has 0 aliphatic heterocycles. The van der Waals surface area contributed by atoms with E-state index < -0.39 is 76.6 Å². The van der Waals surface area contributed by atoms with E-state index in [2.05, 4.69) is 0 Å². The first-order valence-electron chi connectivity index (χ1n) is 9.67. The van der Waals surface area contributed by atoms with Gasteiger partial charge in [0.2, 0.25) is 0 Å². The standard InChI is InChI=1S/B34H12/c1-19(2)28(20(3)4)32(27(17)18)34(31(25(13)14)26(15)16)33(29(21(5)6)22(7)8)30(23(9)10)24(11)12/h1-4H3/q-4. The van der Waals surface area contributed by atoms with Crippen LogP contribution in [0.1, 0.15) is 0 Å². The van der Waals surface area contributed by atoms with Crippen molar-refractivity contribution >= 4 is 241 Å². The third-order valence-electron chi connectivity index (χ3n) is 5.78. The smallest absolute Gasteiger partial charge is 0.000000000000323 e. The van der Waals surface area contributed by atoms with E-state index in [9.17, 15) is 0 Å². The zero-order chi connectivity index (χ0) is 27.2. The molecule has 0 aliphatic carbocycles. The van der Waals surface area contributed by atoms with Gasteiger partial charge in [-0.15, -0.1) is 37.3 Å². The summed E-state index contributed by atoms with van der Waals surface area (Å²) in [5.74, 6) is 0. The summed E-state index contributed by atoms with van der Waals surface area (Å²) in [6.07, 6.45) is -7.50. The van der Waals surface area contributed by atoms with Crippen LogP contribution in [0.4, 0.5) is 0 Å². The molecule has 0 rings (SSSR count). The third kappa shape index (κ3) is 9.75. The van der Waals surface area contributed by atoms with Crippen LogP contribution in [0.15, 0.2) is 0 Å². The first-order valence-corrected chi connectivity index (χ1v) is 9.67. The first kappa shape index (κ1) is 36.2. The summed E-state index contributed by atoms with van der Waals surface area (Å²) < 4.78 is 0. The minimum Gasteiger partial charge on any atom is -0.267 e. The summed E-state index contributed by atoms with van der Waals surface area (Å²) in [6.45, 7) is 0. The van der Waals surface area contributed by atoms with Crippen LogP contribution in [0.5, 0.6) is 0 Å². The summed E-state index contributed by atoms with van der Waals surface area (Å²) >= 11 is 0. The van der Waals surface area contributed by atoms with E-state index in [1.807, 2.05) is 0 Å². The van der Waals surface area contributed by atoms with Crippen molar-refractivity contribution in [3.63, 3.8) is 0 Å². The monoisotopic (exact) mass is 386 g/mol. The predicted octanol–water partition coefficient (Wildman–Crippen LogP) is -16.2. The van der Waals surface area contributed by atoms with Crippen LogP contribution in [0.2, 0.25) is 0 Å². The van der Waals surface area contributed by atoms with Gasteiger partial charge in [-0.25, -0.2) is 0 Å². The number of hydrogen-bond donors (Lipinski definition) is 0. The lowest BCUT2D eigenvalue weighted by atomic mass is 8.29. The molecular formula is H12B34-4. The zero-order valence-electron chi connectivity index (χ0n) is 17.3. The Morgan fingerprint density at radius 2 is 0.412 bits per heavy atom. The van der Waals surface area contributed by atoms with Crippen LogP contribution in [0.25, 0.3) is 0 Å². The Morgan fingerprint density at radius 1 is 0.235 bits per heavy atom. The molecule has 0 saturated heterocycles. The van der Waals surface area contributed by atoms with E-state index in [4.69, 9.17) is 108 Å². The van der Waals surface area contributed by atoms with Gasteiger partial charge in [0.15, 0.2) is 0 Å². The van der Waals surface area contributed by atoms with Crippen molar-refractivity contribution in [2.45, 2.75) is 0 Å². The summed E-state index contributed by atoms with van der Waals surface area (Å²) in [6, 6.07) is 0. The molecule has 0 spiro atoms. The van der Waals surface area contributed by atoms with E-state index in [-0.39, 0.29) is 37.3 Å². The Kier molecular flexibility index (Phi) is 17.4. The Balaban J connectivity index is 7.58. The van der Waals surface area contributed by atoms with Crippen LogP contribution in [-0.4, -0.2) is 241 Å². The number of hydrogen-bond acceptors (Lipinski definition) is 0. The molecule has 0 aromatic carbocycles. The van der Waals surface area contributed by atoms with Gasteiger partial charge >= 0.3 is 0 Å². The molecule has 0 heterocycles. The van der Waals surface area contributed by atoms with Crippen molar-refractivity contribution in [2.24, 2.45) is 0 Å². The predicted molar refractivity (Wildman–Crippen MR) is 212 cm³/mol. The average molecular weight is 380 g/mol. The molecule has 0 amide bonds. The highest BCUT2D eigenvalue weighted by molar-refractivity contribution is 8.29. The molecule has 0 fully saturated rings. The second-order valence-electron chi connectivity index (χ2n) is 8.08. The van der Waals surface area contributed by atoms with Crippen molar-refractivity contribution in [3.8, 4) is 0 Å². The van der Waals surface area contributed by atoms with Crippen LogP contribution in [0, 0.1) is 0 Å². The molecule has 0 aromatic rings. The molecule has 28 radical (unpaired) electrons. The zero-order valence-corrected chi connectivity index (χ0v) is 17.3. The third-order valence-corrected chi connectivity index (χ3v) is 5.78. The van der Waals surface area contributed by atoms with Crippen LogP contribution >= 0.6 is 0 Å². The van der Waals surface area contributed by atoms with Crippen LogP contribution in [-0.2, 0) is 0 Å². The molecule has 0 saturated carbocycles. The lowest BCUT2D eigenvalue weighted by Gasteiger charge is -2.55. The van der Waals surface area contributed by atoms with E-state index in [0.29, 0.717) is 6.39 Å². The van der Waals surface area contributed by atoms with Gasteiger partial charge in [-0.05, 0) is 191 Å². The molecule has 0 aliphatic rings. The molecule has 0 nitrogen and oxygen atoms in total. The maximum atomic E-state index is 6.57. The van der Waals surface area contributed by atoms with Gasteiger partial charge in [0, 0.05) is 0 Å². The highest BCUT2D eigenvalue weighted by Crippen LogP contribution is 2.16. The quantitative estimate of drug-likeness (QED) is 0.248. The molecule has 34 heteroatoms. The second kappa shape index (κ2) is 16.3. The highest BCUT2D eigenvalue weighted by atomic mass is 13.4. The van der Waals surface area contributed by atoms with Crippen molar-refractivity contribution in [2.75, 3.05) is 0 Å². The lowest BCUT2D eigenvalue weighted by molar-refractivity contribution is 3.24. The maximum Gasteiger partial charge on any atom is -0.000000000000323 e. The summed E-state index contributed by atoms with van der Waals surface area (Å²) in [5, 5.41) is 0. The van der Waals surface area contributed by atoms with Gasteiger partial charge in [-0.2, -0.15) is 0 Å². The molecule has 0 atom stereocenters. The normalized spacial score (nSPS) is 9.65. The Labute approximate surface area is 240 Å². The fraction of sp³-hybridized carbons (Fsp3) is 0. The minimum absolute atomic E-state index is 0.0943. The van der Waals surface area contributed by atoms with Crippen molar-refractivity contribution in [1.29, 1.82) is 0 Å². The van der Waals surface area contributed by atoms with Crippen LogP contribution in [0.3, 0.4) is 0 Å². The molecule has 118 valence electrons. The fourth-order valence-corrected chi connectivity index (χ4v) is 4.62. The van der Waals surface area contributed by atoms with Crippen molar-refractivity contribution in [1.82, 2.24) is 0 Å². The van der Waals surface area contributed by atoms with Gasteiger partial charge in [0.25, 0.3) is 0 Å². The van der Waals surface area contributed by atoms with E-state index in [0.717, 1.165) is 12.8 Å². The second-order valence-corrected chi connectivity index (χ2v) is 8.08. The maximum absolute atomic E-state index is 6.57. The minimum atomic E-state index is -0.935. The van der Waals surface area contributed by atoms with Gasteiger partial charge in [-0.1, -0.05) is 0 Å². The molecule has 34 heavy (non-hydrogen) atoms. The van der Waals surface area contributed by atoms with E-state index in [1.165, 1.54) is 0 Å². The summed E-state index contributed by atoms with van der Waals surface area (Å²) in [5.41, 5.74) is 0. The van der Waals surface area contributed by atoms with Gasteiger partial charge in [-0.3, -0.25) is 12.8 Å². The molecule has 0 unspecified atom stereocenters. The molecule has 0 aromatic heterocycles. The van der Waals surface area contributed by atoms with Crippen LogP contribution < -0.4 is 0 Å². The summed E-state index contributed by atoms with van der Waals surface area (Å²) in [7, 11) is 88.8. The average Bonchev–Trinajstić information content (AvgIpc) is 2.60. The fourth-order valence-electron chi connectivity index (χ4n) is 4.62. The first-order chi connectivity index (χ1) is 15.4. The number of rotatable bonds is 15. The van der Waals surface area contributed by atoms with Crippen molar-refractivity contribution in [3.05, 3.63) is 0 Å². The largest absolute Gasteiger partial charge is 0.267 e. The van der Waals surface area contributed by atoms with E-state index in [1.54, 1.807) is 0 Å². The molecule has 0 bridgehead atoms. The Hall–Kier alpha value is 2.21. The lowest BCUT2D eigenvalue weighted by Crippen LogP contribution is -2.90. The van der Waals surface area contributed by atoms with Gasteiger partial charge in [0.1, 0.15) is 0 Å². The highest BCUT2D eigenvalue weighted by Gasteiger charge is 2.52. The summed E-state index contributed by atoms with van der Waals surface area (Å²) in [4.78, 5) is 0. The molecular weight excluding hydrogens is 368 g/mol. The van der Waals surface area contributed by atoms with E-state index >= 15 is 0 Å². The Bertz CT molecular complexity index is 466. The molecule has 0 N–H and O–H groups in total. The SMILES string of the molecule is [B]B([B])B(B([B])[B])B(B(B([B])[B])B([B])[B])B(B(B([B])[B])B([B])[B])B(B([B])[B])B(B([BH3-])[BH3-])B([BH3-])[BH3-].